The van der Waals surface area contributed by atoms with Crippen molar-refractivity contribution in [2.24, 2.45) is 17.3 Å². The number of benzene rings is 1. The van der Waals surface area contributed by atoms with Crippen LogP contribution in [0.3, 0.4) is 0 Å². The van der Waals surface area contributed by atoms with Crippen LogP contribution in [-0.4, -0.2) is 55.6 Å². The number of carbonyl (C=O) groups excluding carboxylic acids is 2. The fourth-order valence-corrected chi connectivity index (χ4v) is 5.05. The maximum atomic E-state index is 13.3. The highest BCUT2D eigenvalue weighted by molar-refractivity contribution is 5.96. The normalized spacial score (nSPS) is 39.9. The van der Waals surface area contributed by atoms with Crippen molar-refractivity contribution in [3.8, 4) is 5.75 Å². The molecule has 2 saturated carbocycles. The Bertz CT molecular complexity index is 800. The van der Waals surface area contributed by atoms with Crippen LogP contribution in [0.25, 0.3) is 0 Å². The highest BCUT2D eigenvalue weighted by Gasteiger charge is 2.66. The first-order valence-corrected chi connectivity index (χ1v) is 10.00. The van der Waals surface area contributed by atoms with Gasteiger partial charge in [0, 0.05) is 5.92 Å². The molecule has 0 bridgehead atoms. The number of rotatable bonds is 3. The van der Waals surface area contributed by atoms with Crippen molar-refractivity contribution in [3.63, 3.8) is 0 Å². The molecule has 0 radical (unpaired) electrons. The van der Waals surface area contributed by atoms with E-state index in [1.807, 2.05) is 20.8 Å². The Hall–Kier alpha value is -1.96. The summed E-state index contributed by atoms with van der Waals surface area (Å²) in [5, 5.41) is 42.2. The van der Waals surface area contributed by atoms with Crippen molar-refractivity contribution in [3.05, 3.63) is 29.8 Å². The number of phenolic OH excluding ortho intramolecular Hbond substituents is 1. The molecule has 0 spiro atoms. The van der Waals surface area contributed by atoms with Crippen molar-refractivity contribution < 1.29 is 34.8 Å². The van der Waals surface area contributed by atoms with Crippen LogP contribution in [0.4, 0.5) is 0 Å². The number of Topliss-reactive ketones (excluding diaryl/α,β-unsaturated/α-hetero) is 1. The summed E-state index contributed by atoms with van der Waals surface area (Å²) in [5.41, 5.74) is -3.96. The molecule has 1 aromatic rings. The Kier molecular flexibility index (Phi) is 5.30. The Labute approximate surface area is 170 Å². The molecule has 7 heteroatoms. The van der Waals surface area contributed by atoms with Crippen LogP contribution in [0.5, 0.6) is 5.75 Å². The molecule has 2 aliphatic rings. The second-order valence-corrected chi connectivity index (χ2v) is 9.38. The lowest BCUT2D eigenvalue weighted by atomic mass is 9.67. The summed E-state index contributed by atoms with van der Waals surface area (Å²) in [5.74, 6) is -2.62. The third kappa shape index (κ3) is 3.45. The molecule has 2 fully saturated rings. The van der Waals surface area contributed by atoms with E-state index in [0.717, 1.165) is 0 Å². The van der Waals surface area contributed by atoms with E-state index in [4.69, 9.17) is 4.74 Å². The highest BCUT2D eigenvalue weighted by atomic mass is 16.6. The van der Waals surface area contributed by atoms with Crippen molar-refractivity contribution in [2.45, 2.75) is 70.4 Å². The number of ether oxygens (including phenoxy) is 1. The summed E-state index contributed by atoms with van der Waals surface area (Å²) in [4.78, 5) is 26.0. The van der Waals surface area contributed by atoms with E-state index in [-0.39, 0.29) is 23.7 Å². The van der Waals surface area contributed by atoms with Gasteiger partial charge in [-0.1, -0.05) is 20.8 Å². The topological polar surface area (TPSA) is 124 Å². The SMILES string of the molecule is CC(C)C1(O)CCC2(C)CC(O)C(C)(O)C(=O)C(OC(=O)c3ccc(O)cc3)C21. The van der Waals surface area contributed by atoms with E-state index in [0.29, 0.717) is 12.8 Å². The van der Waals surface area contributed by atoms with E-state index in [9.17, 15) is 30.0 Å². The Morgan fingerprint density at radius 3 is 2.28 bits per heavy atom. The lowest BCUT2D eigenvalue weighted by Gasteiger charge is -2.42. The quantitative estimate of drug-likeness (QED) is 0.564. The molecule has 3 rings (SSSR count). The first-order valence-electron chi connectivity index (χ1n) is 10.00. The van der Waals surface area contributed by atoms with Gasteiger partial charge in [-0.3, -0.25) is 4.79 Å². The summed E-state index contributed by atoms with van der Waals surface area (Å²) >= 11 is 0. The zero-order valence-corrected chi connectivity index (χ0v) is 17.3. The van der Waals surface area contributed by atoms with E-state index in [1.54, 1.807) is 0 Å². The van der Waals surface area contributed by atoms with Crippen LogP contribution >= 0.6 is 0 Å². The zero-order valence-electron chi connectivity index (χ0n) is 17.3. The highest BCUT2D eigenvalue weighted by Crippen LogP contribution is 2.58. The smallest absolute Gasteiger partial charge is 0.338 e. The standard InChI is InChI=1S/C22H30O7/c1-12(2)22(28)10-9-20(3)11-15(24)21(4,27)18(25)16(17(20)22)29-19(26)13-5-7-14(23)8-6-13/h5-8,12,15-17,23-24,27-28H,9-11H2,1-4H3. The van der Waals surface area contributed by atoms with Crippen molar-refractivity contribution in [2.75, 3.05) is 0 Å². The minimum absolute atomic E-state index is 0.0179. The number of aliphatic hydroxyl groups excluding tert-OH is 1. The predicted octanol–water partition coefficient (Wildman–Crippen LogP) is 1.81. The number of hydrogen-bond acceptors (Lipinski definition) is 7. The van der Waals surface area contributed by atoms with Gasteiger partial charge in [0.05, 0.1) is 17.3 Å². The average molecular weight is 406 g/mol. The van der Waals surface area contributed by atoms with Crippen molar-refractivity contribution >= 4 is 11.8 Å². The van der Waals surface area contributed by atoms with E-state index in [2.05, 4.69) is 0 Å². The maximum absolute atomic E-state index is 13.3. The number of esters is 1. The van der Waals surface area contributed by atoms with Gasteiger partial charge in [0.15, 0.2) is 6.10 Å². The molecular weight excluding hydrogens is 376 g/mol. The summed E-state index contributed by atoms with van der Waals surface area (Å²) in [6.07, 6.45) is -1.71. The molecule has 29 heavy (non-hydrogen) atoms. The average Bonchev–Trinajstić information content (AvgIpc) is 2.89. The molecule has 1 aromatic carbocycles. The number of carbonyl (C=O) groups is 2. The number of phenols is 1. The van der Waals surface area contributed by atoms with Crippen LogP contribution < -0.4 is 0 Å². The number of aromatic hydroxyl groups is 1. The molecule has 0 amide bonds. The van der Waals surface area contributed by atoms with Crippen LogP contribution in [0, 0.1) is 17.3 Å². The maximum Gasteiger partial charge on any atom is 0.338 e. The molecule has 0 aliphatic heterocycles. The monoisotopic (exact) mass is 406 g/mol. The van der Waals surface area contributed by atoms with Crippen LogP contribution in [0.1, 0.15) is 57.3 Å². The summed E-state index contributed by atoms with van der Waals surface area (Å²) < 4.78 is 5.62. The minimum Gasteiger partial charge on any atom is -0.508 e. The molecule has 160 valence electrons. The van der Waals surface area contributed by atoms with E-state index < -0.39 is 46.5 Å². The number of fused-ring (bicyclic) bond motifs is 1. The molecule has 4 N–H and O–H groups in total. The lowest BCUT2D eigenvalue weighted by molar-refractivity contribution is -0.162. The summed E-state index contributed by atoms with van der Waals surface area (Å²) in [7, 11) is 0. The second kappa shape index (κ2) is 7.07. The third-order valence-corrected chi connectivity index (χ3v) is 7.09. The van der Waals surface area contributed by atoms with Gasteiger partial charge >= 0.3 is 5.97 Å². The Balaban J connectivity index is 2.07. The molecule has 6 atom stereocenters. The van der Waals surface area contributed by atoms with Crippen LogP contribution in [0.2, 0.25) is 0 Å². The second-order valence-electron chi connectivity index (χ2n) is 9.38. The largest absolute Gasteiger partial charge is 0.508 e. The first-order chi connectivity index (χ1) is 13.3. The summed E-state index contributed by atoms with van der Waals surface area (Å²) in [6, 6.07) is 5.40. The number of hydrogen-bond donors (Lipinski definition) is 4. The fourth-order valence-electron chi connectivity index (χ4n) is 5.05. The number of aliphatic hydroxyl groups is 3. The number of ketones is 1. The van der Waals surface area contributed by atoms with Crippen LogP contribution in [0.15, 0.2) is 24.3 Å². The van der Waals surface area contributed by atoms with E-state index in [1.165, 1.54) is 31.2 Å². The first kappa shape index (κ1) is 21.7. The van der Waals surface area contributed by atoms with E-state index >= 15 is 0 Å². The molecule has 0 heterocycles. The summed E-state index contributed by atoms with van der Waals surface area (Å²) in [6.45, 7) is 6.76. The lowest BCUT2D eigenvalue weighted by Crippen LogP contribution is -2.56. The van der Waals surface area contributed by atoms with Gasteiger partial charge in [-0.25, -0.2) is 4.79 Å². The molecular formula is C22H30O7. The zero-order chi connectivity index (χ0) is 21.8. The predicted molar refractivity (Wildman–Crippen MR) is 104 cm³/mol. The van der Waals surface area contributed by atoms with Crippen LogP contribution in [-0.2, 0) is 9.53 Å². The van der Waals surface area contributed by atoms with Gasteiger partial charge < -0.3 is 25.2 Å². The molecule has 0 aromatic heterocycles. The molecule has 6 unspecified atom stereocenters. The Morgan fingerprint density at radius 2 is 1.72 bits per heavy atom. The van der Waals surface area contributed by atoms with Gasteiger partial charge in [-0.05, 0) is 61.8 Å². The van der Waals surface area contributed by atoms with Crippen molar-refractivity contribution in [1.29, 1.82) is 0 Å². The third-order valence-electron chi connectivity index (χ3n) is 7.09. The van der Waals surface area contributed by atoms with Gasteiger partial charge in [0.2, 0.25) is 5.78 Å². The minimum atomic E-state index is -2.11. The molecule has 0 saturated heterocycles. The molecule has 2 aliphatic carbocycles. The van der Waals surface area contributed by atoms with Gasteiger partial charge in [-0.15, -0.1) is 0 Å². The fraction of sp³-hybridized carbons (Fsp3) is 0.636. The van der Waals surface area contributed by atoms with Gasteiger partial charge in [0.25, 0.3) is 0 Å². The van der Waals surface area contributed by atoms with Gasteiger partial charge in [-0.2, -0.15) is 0 Å². The Morgan fingerprint density at radius 1 is 1.14 bits per heavy atom. The van der Waals surface area contributed by atoms with Crippen molar-refractivity contribution in [1.82, 2.24) is 0 Å². The van der Waals surface area contributed by atoms with Gasteiger partial charge in [0.1, 0.15) is 11.4 Å². The molecule has 7 nitrogen and oxygen atoms in total.